The van der Waals surface area contributed by atoms with Crippen LogP contribution in [0.15, 0.2) is 23.1 Å². The van der Waals surface area contributed by atoms with E-state index in [0.29, 0.717) is 31.5 Å². The van der Waals surface area contributed by atoms with E-state index < -0.39 is 9.84 Å². The molecule has 1 N–H and O–H groups in total. The Morgan fingerprint density at radius 2 is 1.90 bits per heavy atom. The topological polar surface area (TPSA) is 66.5 Å². The van der Waals surface area contributed by atoms with Crippen LogP contribution in [0.4, 0.5) is 0 Å². The van der Waals surface area contributed by atoms with E-state index in [0.717, 1.165) is 0 Å². The molecule has 1 heterocycles. The smallest absolute Gasteiger partial charge is 0.254 e. The molecule has 1 amide bonds. The average Bonchev–Trinajstić information content (AvgIpc) is 2.47. The van der Waals surface area contributed by atoms with Crippen molar-refractivity contribution >= 4 is 27.3 Å². The molecule has 1 aromatic carbocycles. The minimum Gasteiger partial charge on any atom is -0.345 e. The number of halogens is 1. The summed E-state index contributed by atoms with van der Waals surface area (Å²) in [5.74, 6) is -0.245. The maximum atomic E-state index is 12.6. The van der Waals surface area contributed by atoms with Crippen molar-refractivity contribution in [2.24, 2.45) is 0 Å². The van der Waals surface area contributed by atoms with Gasteiger partial charge in [-0.15, -0.1) is 0 Å². The summed E-state index contributed by atoms with van der Waals surface area (Å²) in [6.07, 6.45) is 1.19. The van der Waals surface area contributed by atoms with Gasteiger partial charge in [0.05, 0.1) is 20.7 Å². The van der Waals surface area contributed by atoms with Gasteiger partial charge in [-0.05, 0) is 44.1 Å². The molecule has 0 atom stereocenters. The first-order chi connectivity index (χ1) is 9.84. The van der Waals surface area contributed by atoms with Gasteiger partial charge in [0.1, 0.15) is 0 Å². The molecule has 7 heteroatoms. The van der Waals surface area contributed by atoms with E-state index >= 15 is 0 Å². The molecule has 0 aromatic heterocycles. The largest absolute Gasteiger partial charge is 0.345 e. The fourth-order valence-electron chi connectivity index (χ4n) is 2.39. The first-order valence-corrected chi connectivity index (χ1v) is 8.72. The Hall–Kier alpha value is -1.11. The highest BCUT2D eigenvalue weighted by Crippen LogP contribution is 2.27. The zero-order chi connectivity index (χ0) is 15.6. The lowest BCUT2D eigenvalue weighted by molar-refractivity contribution is 0.0827. The number of nitrogens with one attached hydrogen (secondary N) is 1. The van der Waals surface area contributed by atoms with E-state index in [4.69, 9.17) is 11.6 Å². The van der Waals surface area contributed by atoms with E-state index in [2.05, 4.69) is 5.32 Å². The monoisotopic (exact) mass is 330 g/mol. The van der Waals surface area contributed by atoms with Crippen LogP contribution in [0.5, 0.6) is 0 Å². The van der Waals surface area contributed by atoms with Crippen LogP contribution in [0.25, 0.3) is 0 Å². The zero-order valence-corrected chi connectivity index (χ0v) is 13.7. The number of rotatable bonds is 3. The van der Waals surface area contributed by atoms with Gasteiger partial charge in [0.15, 0.2) is 9.84 Å². The summed E-state index contributed by atoms with van der Waals surface area (Å²) >= 11 is 6.09. The summed E-state index contributed by atoms with van der Waals surface area (Å²) in [5, 5.41) is 2.93. The number of hydrogen-bond donors (Lipinski definition) is 1. The molecule has 1 fully saturated rings. The van der Waals surface area contributed by atoms with Crippen LogP contribution in [0.1, 0.15) is 23.2 Å². The van der Waals surface area contributed by atoms with Gasteiger partial charge >= 0.3 is 0 Å². The van der Waals surface area contributed by atoms with Gasteiger partial charge in [-0.1, -0.05) is 11.6 Å². The number of carbonyl (C=O) groups is 1. The van der Waals surface area contributed by atoms with Gasteiger partial charge in [-0.3, -0.25) is 4.79 Å². The molecule has 1 aromatic rings. The van der Waals surface area contributed by atoms with Crippen molar-refractivity contribution in [3.63, 3.8) is 0 Å². The lowest BCUT2D eigenvalue weighted by Crippen LogP contribution is -2.35. The first-order valence-electron chi connectivity index (χ1n) is 6.80. The highest BCUT2D eigenvalue weighted by molar-refractivity contribution is 7.92. The van der Waals surface area contributed by atoms with Gasteiger partial charge in [0.2, 0.25) is 0 Å². The normalized spacial score (nSPS) is 16.7. The Labute approximate surface area is 130 Å². The zero-order valence-electron chi connectivity index (χ0n) is 12.1. The van der Waals surface area contributed by atoms with Crippen LogP contribution >= 0.6 is 11.6 Å². The van der Waals surface area contributed by atoms with Gasteiger partial charge in [0, 0.05) is 14.1 Å². The average molecular weight is 331 g/mol. The second kappa shape index (κ2) is 6.34. The van der Waals surface area contributed by atoms with E-state index in [1.54, 1.807) is 14.1 Å². The minimum absolute atomic E-state index is 0.170. The first kappa shape index (κ1) is 16.3. The molecule has 0 radical (unpaired) electrons. The van der Waals surface area contributed by atoms with Crippen molar-refractivity contribution in [1.29, 1.82) is 0 Å². The summed E-state index contributed by atoms with van der Waals surface area (Å²) in [6.45, 7) is 1.41. The van der Waals surface area contributed by atoms with Crippen LogP contribution in [0, 0.1) is 0 Å². The molecule has 1 saturated heterocycles. The predicted molar refractivity (Wildman–Crippen MR) is 82.5 cm³/mol. The lowest BCUT2D eigenvalue weighted by atomic mass is 10.2. The number of carbonyl (C=O) groups excluding carboxylic acids is 1. The predicted octanol–water partition coefficient (Wildman–Crippen LogP) is 1.57. The maximum Gasteiger partial charge on any atom is 0.254 e. The van der Waals surface area contributed by atoms with Gasteiger partial charge in [-0.25, -0.2) is 8.42 Å². The van der Waals surface area contributed by atoms with Crippen LogP contribution in [-0.4, -0.2) is 51.7 Å². The fraction of sp³-hybridized carbons (Fsp3) is 0.500. The van der Waals surface area contributed by atoms with Crippen LogP contribution < -0.4 is 5.32 Å². The van der Waals surface area contributed by atoms with Gasteiger partial charge in [-0.2, -0.15) is 0 Å². The number of sulfone groups is 1. The molecule has 0 bridgehead atoms. The molecule has 0 spiro atoms. The van der Waals surface area contributed by atoms with Gasteiger partial charge < -0.3 is 10.2 Å². The standard InChI is InChI=1S/C14H19ClN2O3S/c1-17(2)14(18)12-4-3-11(9-13(12)15)21(19,20)10-5-7-16-8-6-10/h3-4,9-10,16H,5-8H2,1-2H3. The molecule has 0 saturated carbocycles. The summed E-state index contributed by atoms with van der Waals surface area (Å²) in [5.41, 5.74) is 0.311. The lowest BCUT2D eigenvalue weighted by Gasteiger charge is -2.23. The SMILES string of the molecule is CN(C)C(=O)c1ccc(S(=O)(=O)C2CCNCC2)cc1Cl. The quantitative estimate of drug-likeness (QED) is 0.913. The third kappa shape index (κ3) is 3.39. The number of hydrogen-bond acceptors (Lipinski definition) is 4. The molecule has 0 aliphatic carbocycles. The van der Waals surface area contributed by atoms with E-state index in [1.807, 2.05) is 0 Å². The second-order valence-electron chi connectivity index (χ2n) is 5.34. The summed E-state index contributed by atoms with van der Waals surface area (Å²) in [4.78, 5) is 13.5. The maximum absolute atomic E-state index is 12.6. The van der Waals surface area contributed by atoms with Gasteiger partial charge in [0.25, 0.3) is 5.91 Å². The second-order valence-corrected chi connectivity index (χ2v) is 7.97. The van der Waals surface area contributed by atoms with Crippen molar-refractivity contribution in [3.05, 3.63) is 28.8 Å². The fourth-order valence-corrected chi connectivity index (χ4v) is 4.49. The highest BCUT2D eigenvalue weighted by atomic mass is 35.5. The van der Waals surface area contributed by atoms with E-state index in [9.17, 15) is 13.2 Å². The van der Waals surface area contributed by atoms with Crippen LogP contribution in [0.2, 0.25) is 5.02 Å². The van der Waals surface area contributed by atoms with Crippen LogP contribution in [-0.2, 0) is 9.84 Å². The van der Waals surface area contributed by atoms with Crippen molar-refractivity contribution in [2.45, 2.75) is 23.0 Å². The molecular formula is C14H19ClN2O3S. The summed E-state index contributed by atoms with van der Waals surface area (Å²) < 4.78 is 25.1. The minimum atomic E-state index is -3.40. The van der Waals surface area contributed by atoms with Crippen molar-refractivity contribution in [1.82, 2.24) is 10.2 Å². The summed E-state index contributed by atoms with van der Waals surface area (Å²) in [6, 6.07) is 4.34. The molecule has 1 aliphatic rings. The van der Waals surface area contributed by atoms with Crippen molar-refractivity contribution < 1.29 is 13.2 Å². The number of amides is 1. The van der Waals surface area contributed by atoms with E-state index in [-0.39, 0.29) is 21.1 Å². The summed E-state index contributed by atoms with van der Waals surface area (Å²) in [7, 11) is -0.150. The molecule has 2 rings (SSSR count). The van der Waals surface area contributed by atoms with Crippen molar-refractivity contribution in [2.75, 3.05) is 27.2 Å². The number of piperidine rings is 1. The molecule has 1 aliphatic heterocycles. The van der Waals surface area contributed by atoms with Crippen LogP contribution in [0.3, 0.4) is 0 Å². The molecule has 0 unspecified atom stereocenters. The number of benzene rings is 1. The Balaban J connectivity index is 2.33. The third-order valence-corrected chi connectivity index (χ3v) is 6.20. The number of nitrogens with zero attached hydrogens (tertiary/aromatic N) is 1. The molecule has 5 nitrogen and oxygen atoms in total. The third-order valence-electron chi connectivity index (χ3n) is 3.63. The Bertz CT molecular complexity index is 638. The van der Waals surface area contributed by atoms with E-state index in [1.165, 1.54) is 23.1 Å². The Kier molecular flexibility index (Phi) is 4.91. The Morgan fingerprint density at radius 1 is 1.29 bits per heavy atom. The van der Waals surface area contributed by atoms with Crippen molar-refractivity contribution in [3.8, 4) is 0 Å². The highest BCUT2D eigenvalue weighted by Gasteiger charge is 2.29. The Morgan fingerprint density at radius 3 is 2.43 bits per heavy atom. The molecular weight excluding hydrogens is 312 g/mol. The molecule has 21 heavy (non-hydrogen) atoms. The molecule has 116 valence electrons.